The molecule has 0 heterocycles. The van der Waals surface area contributed by atoms with Crippen molar-refractivity contribution in [2.75, 3.05) is 39.6 Å². The summed E-state index contributed by atoms with van der Waals surface area (Å²) < 4.78 is 68.7. The van der Waals surface area contributed by atoms with Gasteiger partial charge in [-0.05, 0) is 141 Å². The topological polar surface area (TPSA) is 237 Å². The van der Waals surface area contributed by atoms with Gasteiger partial charge in [-0.2, -0.15) is 0 Å². The second kappa shape index (κ2) is 78.3. The Hall–Kier alpha value is -4.80. The smallest absolute Gasteiger partial charge is 0.462 e. The van der Waals surface area contributed by atoms with E-state index in [4.69, 9.17) is 37.0 Å². The van der Waals surface area contributed by atoms with Crippen LogP contribution in [0.4, 0.5) is 0 Å². The van der Waals surface area contributed by atoms with Crippen molar-refractivity contribution in [3.05, 3.63) is 134 Å². The highest BCUT2D eigenvalue weighted by Gasteiger charge is 2.30. The van der Waals surface area contributed by atoms with Crippen LogP contribution in [0.3, 0.4) is 0 Å². The van der Waals surface area contributed by atoms with Crippen LogP contribution < -0.4 is 0 Å². The number of aliphatic hydroxyl groups excluding tert-OH is 1. The van der Waals surface area contributed by atoms with Crippen LogP contribution >= 0.6 is 15.6 Å². The van der Waals surface area contributed by atoms with Crippen LogP contribution in [0.5, 0.6) is 0 Å². The Bertz CT molecular complexity index is 2530. The number of carbonyl (C=O) groups is 4. The van der Waals surface area contributed by atoms with Crippen molar-refractivity contribution in [3.63, 3.8) is 0 Å². The second-order valence-corrected chi connectivity index (χ2v) is 30.2. The van der Waals surface area contributed by atoms with E-state index in [1.54, 1.807) is 0 Å². The van der Waals surface area contributed by atoms with E-state index in [0.717, 1.165) is 167 Å². The molecule has 0 bridgehead atoms. The molecule has 5 atom stereocenters. The van der Waals surface area contributed by atoms with Gasteiger partial charge in [0.2, 0.25) is 0 Å². The van der Waals surface area contributed by atoms with Gasteiger partial charge < -0.3 is 33.8 Å². The molecule has 608 valence electrons. The molecule has 3 N–H and O–H groups in total. The van der Waals surface area contributed by atoms with E-state index in [1.165, 1.54) is 83.5 Å². The van der Waals surface area contributed by atoms with Gasteiger partial charge in [0.05, 0.1) is 26.4 Å². The highest BCUT2D eigenvalue weighted by atomic mass is 31.2. The SMILES string of the molecule is CC/C=C\C/C=C\C/C=C\C/C=C\CCCCCCC(=O)OCC(COP(=O)(O)OCC(O)COP(=O)(O)OCC(COC(=O)CCCCCCCC/C=C\C/C=C\C/C=C\CCCCC)OC(=O)CCCC/C=C\C/C=C\C/C=C\C/C=C\CC)OC(=O)CCCCCCCCCCCCCCCCC. The summed E-state index contributed by atoms with van der Waals surface area (Å²) in [6.45, 7) is 4.57. The van der Waals surface area contributed by atoms with Crippen molar-refractivity contribution in [2.24, 2.45) is 0 Å². The van der Waals surface area contributed by atoms with Crippen LogP contribution in [0.15, 0.2) is 134 Å². The van der Waals surface area contributed by atoms with Crippen LogP contribution in [0.1, 0.15) is 336 Å². The third kappa shape index (κ3) is 77.4. The summed E-state index contributed by atoms with van der Waals surface area (Å²) in [4.78, 5) is 73.1. The third-order valence-electron chi connectivity index (χ3n) is 17.1. The van der Waals surface area contributed by atoms with Crippen LogP contribution in [-0.4, -0.2) is 96.7 Å². The Kier molecular flexibility index (Phi) is 74.8. The Morgan fingerprint density at radius 2 is 0.491 bits per heavy atom. The summed E-state index contributed by atoms with van der Waals surface area (Å²) in [6, 6.07) is 0. The number of aliphatic hydroxyl groups is 1. The minimum absolute atomic E-state index is 0.0367. The molecule has 0 rings (SSSR count). The lowest BCUT2D eigenvalue weighted by atomic mass is 10.0. The zero-order valence-electron chi connectivity index (χ0n) is 66.6. The highest BCUT2D eigenvalue weighted by molar-refractivity contribution is 7.47. The van der Waals surface area contributed by atoms with E-state index < -0.39 is 97.5 Å². The molecule has 0 radical (unpaired) electrons. The maximum Gasteiger partial charge on any atom is 0.472 e. The largest absolute Gasteiger partial charge is 0.472 e. The number of carbonyl (C=O) groups excluding carboxylic acids is 4. The normalized spacial score (nSPS) is 14.5. The van der Waals surface area contributed by atoms with Crippen molar-refractivity contribution >= 4 is 39.5 Å². The zero-order valence-corrected chi connectivity index (χ0v) is 68.4. The van der Waals surface area contributed by atoms with Crippen molar-refractivity contribution in [3.8, 4) is 0 Å². The number of ether oxygens (including phenoxy) is 4. The first-order valence-corrected chi connectivity index (χ1v) is 44.4. The summed E-state index contributed by atoms with van der Waals surface area (Å²) in [5.41, 5.74) is 0. The molecule has 0 saturated carbocycles. The molecule has 0 aromatic carbocycles. The van der Waals surface area contributed by atoms with Gasteiger partial charge >= 0.3 is 39.5 Å². The first-order chi connectivity index (χ1) is 51.7. The molecule has 0 aliphatic rings. The molecule has 0 aromatic rings. The monoisotopic (exact) mass is 1530 g/mol. The van der Waals surface area contributed by atoms with E-state index in [2.05, 4.69) is 161 Å². The van der Waals surface area contributed by atoms with Crippen LogP contribution in [0, 0.1) is 0 Å². The molecule has 0 spiro atoms. The number of allylic oxidation sites excluding steroid dienone is 22. The Balaban J connectivity index is 5.42. The number of hydrogen-bond donors (Lipinski definition) is 3. The van der Waals surface area contributed by atoms with Crippen LogP contribution in [-0.2, 0) is 65.4 Å². The number of esters is 4. The molecule has 5 unspecified atom stereocenters. The summed E-state index contributed by atoms with van der Waals surface area (Å²) in [7, 11) is -9.99. The van der Waals surface area contributed by atoms with Gasteiger partial charge in [-0.1, -0.05) is 303 Å². The van der Waals surface area contributed by atoms with Crippen molar-refractivity contribution < 1.29 is 80.2 Å². The molecule has 0 aromatic heterocycles. The molecule has 106 heavy (non-hydrogen) atoms. The fourth-order valence-corrected chi connectivity index (χ4v) is 12.4. The highest BCUT2D eigenvalue weighted by Crippen LogP contribution is 2.45. The van der Waals surface area contributed by atoms with Crippen LogP contribution in [0.2, 0.25) is 0 Å². The number of phosphoric acid groups is 2. The summed E-state index contributed by atoms with van der Waals surface area (Å²) in [6.07, 6.45) is 88.5. The number of rotatable bonds is 77. The third-order valence-corrected chi connectivity index (χ3v) is 19.0. The van der Waals surface area contributed by atoms with Gasteiger partial charge in [0.1, 0.15) is 19.3 Å². The average Bonchev–Trinajstić information content (AvgIpc) is 0.928. The number of unbranched alkanes of at least 4 members (excludes halogenated alkanes) is 29. The van der Waals surface area contributed by atoms with Gasteiger partial charge in [-0.25, -0.2) is 9.13 Å². The molecule has 0 saturated heterocycles. The summed E-state index contributed by atoms with van der Waals surface area (Å²) in [5, 5.41) is 10.7. The Morgan fingerprint density at radius 1 is 0.274 bits per heavy atom. The predicted octanol–water partition coefficient (Wildman–Crippen LogP) is 24.4. The molecule has 0 aliphatic carbocycles. The fraction of sp³-hybridized carbons (Fsp3) is 0.701. The maximum absolute atomic E-state index is 13.1. The second-order valence-electron chi connectivity index (χ2n) is 27.3. The fourth-order valence-electron chi connectivity index (χ4n) is 10.9. The molecule has 19 heteroatoms. The van der Waals surface area contributed by atoms with Gasteiger partial charge in [-0.15, -0.1) is 0 Å². The maximum atomic E-state index is 13.1. The van der Waals surface area contributed by atoms with Gasteiger partial charge in [-0.3, -0.25) is 37.3 Å². The van der Waals surface area contributed by atoms with Crippen molar-refractivity contribution in [1.29, 1.82) is 0 Å². The van der Waals surface area contributed by atoms with Crippen LogP contribution in [0.25, 0.3) is 0 Å². The summed E-state index contributed by atoms with van der Waals surface area (Å²) in [5.74, 6) is -2.25. The molecule has 17 nitrogen and oxygen atoms in total. The minimum Gasteiger partial charge on any atom is -0.462 e. The van der Waals surface area contributed by atoms with E-state index in [0.29, 0.717) is 32.1 Å². The summed E-state index contributed by atoms with van der Waals surface area (Å²) >= 11 is 0. The van der Waals surface area contributed by atoms with E-state index in [9.17, 15) is 43.2 Å². The first kappa shape index (κ1) is 101. The molecular formula is C87H148O17P2. The quantitative estimate of drug-likeness (QED) is 0.0169. The average molecular weight is 1530 g/mol. The molecular weight excluding hydrogens is 1380 g/mol. The van der Waals surface area contributed by atoms with Gasteiger partial charge in [0.15, 0.2) is 12.2 Å². The first-order valence-electron chi connectivity index (χ1n) is 41.4. The Morgan fingerprint density at radius 3 is 0.792 bits per heavy atom. The minimum atomic E-state index is -5.00. The molecule has 0 fully saturated rings. The lowest BCUT2D eigenvalue weighted by Gasteiger charge is -2.21. The zero-order chi connectivity index (χ0) is 77.4. The lowest BCUT2D eigenvalue weighted by molar-refractivity contribution is -0.161. The Labute approximate surface area is 644 Å². The van der Waals surface area contributed by atoms with Crippen molar-refractivity contribution in [1.82, 2.24) is 0 Å². The van der Waals surface area contributed by atoms with E-state index >= 15 is 0 Å². The number of hydrogen-bond acceptors (Lipinski definition) is 15. The standard InChI is InChI=1S/C87H148O17P2/c1-5-9-13-17-21-25-29-33-37-39-40-42-46-48-52-56-60-64-68-72-85(90)98-78-83(104-87(92)74-70-66-62-58-54-50-44-36-32-28-24-20-16-12-8-4)80-102-106(95,96)100-76-81(88)75-99-105(93,94)101-79-82(103-86(91)73-69-65-61-57-53-49-43-35-31-27-23-19-15-11-7-3)77-97-84(89)71-67-63-59-55-51-47-45-41-38-34-30-26-22-18-14-10-6-2/h10,12,14,16,21-22,24-26,28,33-34,36-38,40,42,44-45,47,54,58,81-83,88H,5-9,11,13,15,17-20,23,27,29-32,35,39,41,43,46,48-53,55-57,59-80H2,1-4H3,(H,93,94)(H,95,96)/b14-10-,16-12-,25-21-,26-22-,28-24-,37-33-,38-34-,42-40-,44-36-,47-45-,58-54-. The van der Waals surface area contributed by atoms with Gasteiger partial charge in [0.25, 0.3) is 0 Å². The molecule has 0 aliphatic heterocycles. The lowest BCUT2D eigenvalue weighted by Crippen LogP contribution is -2.30. The van der Waals surface area contributed by atoms with Crippen molar-refractivity contribution in [2.45, 2.75) is 354 Å². The predicted molar refractivity (Wildman–Crippen MR) is 436 cm³/mol. The van der Waals surface area contributed by atoms with E-state index in [-0.39, 0.29) is 25.7 Å². The molecule has 0 amide bonds. The number of phosphoric ester groups is 2. The van der Waals surface area contributed by atoms with Gasteiger partial charge in [0, 0.05) is 25.7 Å². The van der Waals surface area contributed by atoms with E-state index in [1.807, 2.05) is 0 Å².